The number of aryl methyl sites for hydroxylation is 2. The molecule has 0 bridgehead atoms. The molecule has 0 aliphatic heterocycles. The quantitative estimate of drug-likeness (QED) is 0.428. The minimum atomic E-state index is -0.523. The third-order valence-electron chi connectivity index (χ3n) is 2.44. The molecule has 0 aromatic carbocycles. The molecule has 0 fully saturated rings. The second kappa shape index (κ2) is 5.75. The number of nitrogens with zero attached hydrogens (tertiary/aromatic N) is 4. The Hall–Kier alpha value is -2.33. The van der Waals surface area contributed by atoms with E-state index in [1.807, 2.05) is 12.3 Å². The monoisotopic (exact) mass is 295 g/mol. The van der Waals surface area contributed by atoms with Crippen LogP contribution >= 0.6 is 11.3 Å². The van der Waals surface area contributed by atoms with Gasteiger partial charge in [0.1, 0.15) is 10.7 Å². The van der Waals surface area contributed by atoms with Crippen molar-refractivity contribution in [1.29, 1.82) is 0 Å². The molecule has 0 aliphatic carbocycles. The van der Waals surface area contributed by atoms with Crippen LogP contribution in [0.3, 0.4) is 0 Å². The fourth-order valence-electron chi connectivity index (χ4n) is 1.62. The molecule has 0 unspecified atom stereocenters. The highest BCUT2D eigenvalue weighted by Gasteiger charge is 2.21. The van der Waals surface area contributed by atoms with Crippen LogP contribution in [0.25, 0.3) is 0 Å². The maximum Gasteiger partial charge on any atom is 0.332 e. The van der Waals surface area contributed by atoms with Gasteiger partial charge in [0.2, 0.25) is 11.8 Å². The highest BCUT2D eigenvalue weighted by Crippen LogP contribution is 2.26. The molecule has 0 radical (unpaired) electrons. The smallest absolute Gasteiger partial charge is 0.332 e. The van der Waals surface area contributed by atoms with Crippen molar-refractivity contribution in [2.45, 2.75) is 20.4 Å². The molecule has 2 aromatic rings. The largest absolute Gasteiger partial charge is 0.358 e. The summed E-state index contributed by atoms with van der Waals surface area (Å²) in [6.45, 7) is 3.76. The standard InChI is InChI=1S/C10H13N7O2S/c1-5-4-20-7(13-5)3-12-9-8(17(18)19)6(2)14-10(15-9)16-11/h4H,3,11H2,1-2H3,(H2,12,14,15,16). The number of nitrogen functional groups attached to an aromatic ring is 1. The lowest BCUT2D eigenvalue weighted by Crippen LogP contribution is -2.14. The maximum atomic E-state index is 11.1. The zero-order valence-electron chi connectivity index (χ0n) is 10.9. The van der Waals surface area contributed by atoms with Gasteiger partial charge in [0, 0.05) is 11.1 Å². The highest BCUT2D eigenvalue weighted by atomic mass is 32.1. The van der Waals surface area contributed by atoms with Crippen molar-refractivity contribution in [1.82, 2.24) is 15.0 Å². The summed E-state index contributed by atoms with van der Waals surface area (Å²) in [6, 6.07) is 0. The van der Waals surface area contributed by atoms with Gasteiger partial charge in [-0.1, -0.05) is 0 Å². The molecule has 0 aliphatic rings. The van der Waals surface area contributed by atoms with Gasteiger partial charge >= 0.3 is 5.69 Å². The second-order valence-corrected chi connectivity index (χ2v) is 4.91. The molecule has 0 saturated heterocycles. The summed E-state index contributed by atoms with van der Waals surface area (Å²) < 4.78 is 0. The number of rotatable bonds is 5. The van der Waals surface area contributed by atoms with Crippen LogP contribution in [0, 0.1) is 24.0 Å². The van der Waals surface area contributed by atoms with Crippen LogP contribution in [0.5, 0.6) is 0 Å². The average Bonchev–Trinajstić information content (AvgIpc) is 2.81. The van der Waals surface area contributed by atoms with Crippen LogP contribution in [0.1, 0.15) is 16.4 Å². The first-order valence-electron chi connectivity index (χ1n) is 5.65. The van der Waals surface area contributed by atoms with Gasteiger partial charge in [-0.15, -0.1) is 11.3 Å². The van der Waals surface area contributed by atoms with Gasteiger partial charge in [-0.3, -0.25) is 15.5 Å². The SMILES string of the molecule is Cc1csc(CNc2nc(NN)nc(C)c2[N+](=O)[O-])n1. The lowest BCUT2D eigenvalue weighted by molar-refractivity contribution is -0.385. The number of thiazole rings is 1. The summed E-state index contributed by atoms with van der Waals surface area (Å²) in [5.41, 5.74) is 3.25. The Labute approximate surface area is 118 Å². The van der Waals surface area contributed by atoms with Gasteiger partial charge in [-0.05, 0) is 13.8 Å². The topological polar surface area (TPSA) is 132 Å². The van der Waals surface area contributed by atoms with E-state index in [0.717, 1.165) is 10.7 Å². The first kappa shape index (κ1) is 14.1. The van der Waals surface area contributed by atoms with Gasteiger partial charge < -0.3 is 5.32 Å². The number of hydrazine groups is 1. The molecular weight excluding hydrogens is 282 g/mol. The Morgan fingerprint density at radius 3 is 2.70 bits per heavy atom. The van der Waals surface area contributed by atoms with Crippen molar-refractivity contribution in [3.63, 3.8) is 0 Å². The van der Waals surface area contributed by atoms with Crippen LogP contribution in [0.15, 0.2) is 5.38 Å². The van der Waals surface area contributed by atoms with E-state index in [1.165, 1.54) is 18.3 Å². The lowest BCUT2D eigenvalue weighted by atomic mass is 10.3. The fraction of sp³-hybridized carbons (Fsp3) is 0.300. The van der Waals surface area contributed by atoms with Crippen molar-refractivity contribution in [3.05, 3.63) is 31.9 Å². The van der Waals surface area contributed by atoms with E-state index in [0.29, 0.717) is 6.54 Å². The first-order chi connectivity index (χ1) is 9.51. The molecule has 9 nitrogen and oxygen atoms in total. The van der Waals surface area contributed by atoms with Gasteiger partial charge in [0.15, 0.2) is 0 Å². The summed E-state index contributed by atoms with van der Waals surface area (Å²) >= 11 is 1.47. The Balaban J connectivity index is 2.28. The van der Waals surface area contributed by atoms with Gasteiger partial charge in [0.25, 0.3) is 0 Å². The average molecular weight is 295 g/mol. The van der Waals surface area contributed by atoms with Crippen LogP contribution < -0.4 is 16.6 Å². The number of hydrogen-bond acceptors (Lipinski definition) is 9. The van der Waals surface area contributed by atoms with Crippen molar-refractivity contribution >= 4 is 28.8 Å². The summed E-state index contributed by atoms with van der Waals surface area (Å²) in [7, 11) is 0. The summed E-state index contributed by atoms with van der Waals surface area (Å²) in [4.78, 5) is 22.7. The van der Waals surface area contributed by atoms with Gasteiger partial charge in [-0.2, -0.15) is 4.98 Å². The summed E-state index contributed by atoms with van der Waals surface area (Å²) in [6.07, 6.45) is 0. The number of aromatic nitrogens is 3. The summed E-state index contributed by atoms with van der Waals surface area (Å²) in [5, 5.41) is 16.7. The number of anilines is 2. The molecule has 20 heavy (non-hydrogen) atoms. The van der Waals surface area contributed by atoms with Crippen molar-refractivity contribution in [3.8, 4) is 0 Å². The van der Waals surface area contributed by atoms with Crippen LogP contribution in [0.2, 0.25) is 0 Å². The van der Waals surface area contributed by atoms with E-state index < -0.39 is 4.92 Å². The molecular formula is C10H13N7O2S. The van der Waals surface area contributed by atoms with Crippen molar-refractivity contribution in [2.75, 3.05) is 10.7 Å². The molecule has 2 heterocycles. The number of nitrogens with one attached hydrogen (secondary N) is 2. The normalized spacial score (nSPS) is 10.3. The number of nitrogens with two attached hydrogens (primary N) is 1. The van der Waals surface area contributed by atoms with Gasteiger partial charge in [0.05, 0.1) is 11.5 Å². The predicted octanol–water partition coefficient (Wildman–Crippen LogP) is 1.36. The molecule has 10 heteroatoms. The maximum absolute atomic E-state index is 11.1. The van der Waals surface area contributed by atoms with E-state index in [1.54, 1.807) is 0 Å². The highest BCUT2D eigenvalue weighted by molar-refractivity contribution is 7.09. The molecule has 0 saturated carbocycles. The minimum Gasteiger partial charge on any atom is -0.358 e. The Morgan fingerprint density at radius 1 is 1.40 bits per heavy atom. The molecule has 4 N–H and O–H groups in total. The Kier molecular flexibility index (Phi) is 4.05. The fourth-order valence-corrected chi connectivity index (χ4v) is 2.33. The molecule has 2 rings (SSSR count). The van der Waals surface area contributed by atoms with E-state index >= 15 is 0 Å². The predicted molar refractivity (Wildman–Crippen MR) is 75.4 cm³/mol. The van der Waals surface area contributed by atoms with Crippen LogP contribution in [-0.4, -0.2) is 19.9 Å². The van der Waals surface area contributed by atoms with E-state index in [2.05, 4.69) is 25.7 Å². The first-order valence-corrected chi connectivity index (χ1v) is 6.53. The third-order valence-corrected chi connectivity index (χ3v) is 3.41. The minimum absolute atomic E-state index is 0.114. The summed E-state index contributed by atoms with van der Waals surface area (Å²) in [5.74, 6) is 5.47. The number of hydrogen-bond donors (Lipinski definition) is 3. The van der Waals surface area contributed by atoms with E-state index in [-0.39, 0.29) is 23.1 Å². The molecule has 106 valence electrons. The van der Waals surface area contributed by atoms with Crippen LogP contribution in [0.4, 0.5) is 17.5 Å². The van der Waals surface area contributed by atoms with Gasteiger partial charge in [-0.25, -0.2) is 15.8 Å². The molecule has 0 amide bonds. The third kappa shape index (κ3) is 2.97. The van der Waals surface area contributed by atoms with Crippen LogP contribution in [-0.2, 0) is 6.54 Å². The zero-order chi connectivity index (χ0) is 14.7. The zero-order valence-corrected chi connectivity index (χ0v) is 11.7. The second-order valence-electron chi connectivity index (χ2n) is 3.97. The Morgan fingerprint density at radius 2 is 2.15 bits per heavy atom. The van der Waals surface area contributed by atoms with E-state index in [4.69, 9.17) is 5.84 Å². The molecule has 2 aromatic heterocycles. The Bertz CT molecular complexity index is 643. The number of nitro groups is 1. The lowest BCUT2D eigenvalue weighted by Gasteiger charge is -2.08. The van der Waals surface area contributed by atoms with E-state index in [9.17, 15) is 10.1 Å². The molecule has 0 atom stereocenters. The molecule has 0 spiro atoms. The van der Waals surface area contributed by atoms with Crippen molar-refractivity contribution < 1.29 is 4.92 Å². The van der Waals surface area contributed by atoms with Crippen molar-refractivity contribution in [2.24, 2.45) is 5.84 Å².